The molecule has 0 spiro atoms. The van der Waals surface area contributed by atoms with Gasteiger partial charge in [-0.3, -0.25) is 10.1 Å². The van der Waals surface area contributed by atoms with E-state index in [-0.39, 0.29) is 10.6 Å². The molecule has 1 saturated heterocycles. The Morgan fingerprint density at radius 3 is 2.71 bits per heavy atom. The van der Waals surface area contributed by atoms with Crippen molar-refractivity contribution in [3.63, 3.8) is 0 Å². The molecule has 0 aliphatic carbocycles. The second kappa shape index (κ2) is 5.14. The second-order valence-corrected chi connectivity index (χ2v) is 4.46. The van der Waals surface area contributed by atoms with Crippen molar-refractivity contribution in [3.8, 4) is 0 Å². The van der Waals surface area contributed by atoms with Crippen LogP contribution in [0, 0.1) is 16.0 Å². The van der Waals surface area contributed by atoms with E-state index in [1.807, 2.05) is 12.1 Å². The van der Waals surface area contributed by atoms with Gasteiger partial charge in [-0.05, 0) is 37.4 Å². The Kier molecular flexibility index (Phi) is 3.58. The third-order valence-corrected chi connectivity index (χ3v) is 3.28. The van der Waals surface area contributed by atoms with E-state index in [2.05, 4.69) is 4.90 Å². The van der Waals surface area contributed by atoms with Crippen molar-refractivity contribution in [2.75, 3.05) is 24.5 Å². The Morgan fingerprint density at radius 2 is 2.12 bits per heavy atom. The predicted octanol–water partition coefficient (Wildman–Crippen LogP) is 1.77. The molecule has 1 aliphatic heterocycles. The fourth-order valence-electron chi connectivity index (χ4n) is 2.28. The van der Waals surface area contributed by atoms with E-state index in [1.165, 1.54) is 6.42 Å². The Hall–Kier alpha value is -1.62. The number of nitrogens with two attached hydrogens (primary N) is 1. The third kappa shape index (κ3) is 2.74. The van der Waals surface area contributed by atoms with Gasteiger partial charge >= 0.3 is 0 Å². The first-order chi connectivity index (χ1) is 8.20. The molecule has 1 atom stereocenters. The topological polar surface area (TPSA) is 72.4 Å². The van der Waals surface area contributed by atoms with Crippen molar-refractivity contribution in [1.29, 1.82) is 0 Å². The van der Waals surface area contributed by atoms with E-state index >= 15 is 0 Å². The number of hydrogen-bond donors (Lipinski definition) is 1. The van der Waals surface area contributed by atoms with Crippen LogP contribution in [0.1, 0.15) is 12.8 Å². The molecule has 0 bridgehead atoms. The van der Waals surface area contributed by atoms with Crippen LogP contribution in [0.5, 0.6) is 0 Å². The van der Waals surface area contributed by atoms with Gasteiger partial charge in [0.15, 0.2) is 0 Å². The number of hydrogen-bond acceptors (Lipinski definition) is 4. The highest BCUT2D eigenvalue weighted by molar-refractivity contribution is 5.51. The van der Waals surface area contributed by atoms with Gasteiger partial charge in [0.25, 0.3) is 5.69 Å². The maximum absolute atomic E-state index is 10.6. The highest BCUT2D eigenvalue weighted by Crippen LogP contribution is 2.24. The first-order valence-corrected chi connectivity index (χ1v) is 5.90. The Balaban J connectivity index is 2.08. The maximum Gasteiger partial charge on any atom is 0.269 e. The molecule has 0 saturated carbocycles. The van der Waals surface area contributed by atoms with Crippen LogP contribution in [0.3, 0.4) is 0 Å². The molecule has 17 heavy (non-hydrogen) atoms. The number of rotatable bonds is 3. The molecule has 2 N–H and O–H groups in total. The molecule has 1 fully saturated rings. The zero-order valence-corrected chi connectivity index (χ0v) is 9.71. The molecule has 1 unspecified atom stereocenters. The standard InChI is InChI=1S/C12H17N3O2/c13-8-10-2-1-7-14(9-10)11-3-5-12(6-4-11)15(16)17/h3-6,10H,1-2,7-9,13H2. The van der Waals surface area contributed by atoms with Gasteiger partial charge in [0.2, 0.25) is 0 Å². The largest absolute Gasteiger partial charge is 0.371 e. The maximum atomic E-state index is 10.6. The molecule has 5 nitrogen and oxygen atoms in total. The minimum atomic E-state index is -0.372. The van der Waals surface area contributed by atoms with E-state index in [1.54, 1.807) is 12.1 Å². The zero-order chi connectivity index (χ0) is 12.3. The van der Waals surface area contributed by atoms with Gasteiger partial charge in [-0.25, -0.2) is 0 Å². The van der Waals surface area contributed by atoms with Crippen LogP contribution in [-0.2, 0) is 0 Å². The number of nitro groups is 1. The lowest BCUT2D eigenvalue weighted by atomic mass is 9.98. The minimum absolute atomic E-state index is 0.140. The number of piperidine rings is 1. The van der Waals surface area contributed by atoms with Crippen LogP contribution in [0.25, 0.3) is 0 Å². The van der Waals surface area contributed by atoms with E-state index < -0.39 is 0 Å². The first-order valence-electron chi connectivity index (χ1n) is 5.90. The normalized spacial score (nSPS) is 20.3. The summed E-state index contributed by atoms with van der Waals surface area (Å²) in [5.74, 6) is 0.541. The number of benzene rings is 1. The highest BCUT2D eigenvalue weighted by Gasteiger charge is 2.19. The van der Waals surface area contributed by atoms with Gasteiger partial charge in [0.05, 0.1) is 4.92 Å². The second-order valence-electron chi connectivity index (χ2n) is 4.46. The summed E-state index contributed by atoms with van der Waals surface area (Å²) in [5.41, 5.74) is 6.88. The Bertz CT molecular complexity index is 391. The number of nitro benzene ring substituents is 1. The number of anilines is 1. The van der Waals surface area contributed by atoms with Crippen LogP contribution in [0.4, 0.5) is 11.4 Å². The summed E-state index contributed by atoms with van der Waals surface area (Å²) in [6.07, 6.45) is 2.32. The molecule has 5 heteroatoms. The van der Waals surface area contributed by atoms with Gasteiger partial charge in [-0.2, -0.15) is 0 Å². The fourth-order valence-corrected chi connectivity index (χ4v) is 2.28. The van der Waals surface area contributed by atoms with Gasteiger partial charge in [0.1, 0.15) is 0 Å². The average molecular weight is 235 g/mol. The lowest BCUT2D eigenvalue weighted by molar-refractivity contribution is -0.384. The van der Waals surface area contributed by atoms with Gasteiger partial charge in [0, 0.05) is 30.9 Å². The van der Waals surface area contributed by atoms with Crippen molar-refractivity contribution in [3.05, 3.63) is 34.4 Å². The Morgan fingerprint density at radius 1 is 1.41 bits per heavy atom. The van der Waals surface area contributed by atoms with Crippen molar-refractivity contribution in [2.45, 2.75) is 12.8 Å². The van der Waals surface area contributed by atoms with Gasteiger partial charge < -0.3 is 10.6 Å². The molecule has 1 aliphatic rings. The monoisotopic (exact) mass is 235 g/mol. The van der Waals surface area contributed by atoms with Gasteiger partial charge in [-0.15, -0.1) is 0 Å². The zero-order valence-electron chi connectivity index (χ0n) is 9.71. The molecule has 1 aromatic rings. The molecular weight excluding hydrogens is 218 g/mol. The smallest absolute Gasteiger partial charge is 0.269 e. The Labute approximate surface area is 100 Å². The molecule has 1 heterocycles. The lowest BCUT2D eigenvalue weighted by Crippen LogP contribution is -2.38. The summed E-state index contributed by atoms with van der Waals surface area (Å²) in [4.78, 5) is 12.4. The van der Waals surface area contributed by atoms with Crippen LogP contribution < -0.4 is 10.6 Å². The molecule has 1 aromatic carbocycles. The molecule has 92 valence electrons. The molecular formula is C12H17N3O2. The minimum Gasteiger partial charge on any atom is -0.371 e. The van der Waals surface area contributed by atoms with Crippen molar-refractivity contribution >= 4 is 11.4 Å². The van der Waals surface area contributed by atoms with E-state index in [0.717, 1.165) is 25.2 Å². The summed E-state index contributed by atoms with van der Waals surface area (Å²) >= 11 is 0. The van der Waals surface area contributed by atoms with E-state index in [4.69, 9.17) is 5.73 Å². The molecule has 2 rings (SSSR count). The molecule has 0 amide bonds. The van der Waals surface area contributed by atoms with Crippen molar-refractivity contribution < 1.29 is 4.92 Å². The predicted molar refractivity (Wildman–Crippen MR) is 67.1 cm³/mol. The molecule has 0 radical (unpaired) electrons. The number of nitrogens with zero attached hydrogens (tertiary/aromatic N) is 2. The van der Waals surface area contributed by atoms with E-state index in [0.29, 0.717) is 12.5 Å². The number of non-ortho nitro benzene ring substituents is 1. The third-order valence-electron chi connectivity index (χ3n) is 3.28. The summed E-state index contributed by atoms with van der Waals surface area (Å²) < 4.78 is 0. The van der Waals surface area contributed by atoms with Crippen LogP contribution in [0.15, 0.2) is 24.3 Å². The summed E-state index contributed by atoms with van der Waals surface area (Å²) in [5, 5.41) is 10.6. The highest BCUT2D eigenvalue weighted by atomic mass is 16.6. The summed E-state index contributed by atoms with van der Waals surface area (Å²) in [6.45, 7) is 2.67. The summed E-state index contributed by atoms with van der Waals surface area (Å²) in [6, 6.07) is 6.75. The quantitative estimate of drug-likeness (QED) is 0.640. The van der Waals surface area contributed by atoms with Crippen LogP contribution in [-0.4, -0.2) is 24.6 Å². The SMILES string of the molecule is NCC1CCCN(c2ccc([N+](=O)[O-])cc2)C1. The van der Waals surface area contributed by atoms with Crippen molar-refractivity contribution in [2.24, 2.45) is 11.7 Å². The first kappa shape index (κ1) is 11.9. The van der Waals surface area contributed by atoms with Gasteiger partial charge in [-0.1, -0.05) is 0 Å². The van der Waals surface area contributed by atoms with Crippen LogP contribution in [0.2, 0.25) is 0 Å². The van der Waals surface area contributed by atoms with Crippen LogP contribution >= 0.6 is 0 Å². The average Bonchev–Trinajstić information content (AvgIpc) is 2.39. The summed E-state index contributed by atoms with van der Waals surface area (Å²) in [7, 11) is 0. The lowest BCUT2D eigenvalue weighted by Gasteiger charge is -2.33. The van der Waals surface area contributed by atoms with E-state index in [9.17, 15) is 10.1 Å². The fraction of sp³-hybridized carbons (Fsp3) is 0.500. The molecule has 0 aromatic heterocycles. The van der Waals surface area contributed by atoms with Crippen molar-refractivity contribution in [1.82, 2.24) is 0 Å².